The third kappa shape index (κ3) is 2.50. The van der Waals surface area contributed by atoms with E-state index in [1.807, 2.05) is 31.2 Å². The van der Waals surface area contributed by atoms with Gasteiger partial charge in [-0.25, -0.2) is 0 Å². The standard InChI is InChI=1S/C19H18O3/c1-3-11-21-13-9-10-16-18(12-13)22-17-8-6-5-7-15(17)14(4-2)19(16)20/h3,5-10,12,14H,1,4,11H2,2H3/t14-/m1/s1. The van der Waals surface area contributed by atoms with Gasteiger partial charge in [0.15, 0.2) is 5.78 Å². The number of Topliss-reactive ketones (excluding diaryl/α,β-unsaturated/α-hetero) is 1. The third-order valence-electron chi connectivity index (χ3n) is 3.83. The third-order valence-corrected chi connectivity index (χ3v) is 3.83. The Bertz CT molecular complexity index is 718. The summed E-state index contributed by atoms with van der Waals surface area (Å²) < 4.78 is 11.5. The van der Waals surface area contributed by atoms with Gasteiger partial charge in [-0.3, -0.25) is 4.79 Å². The first-order chi connectivity index (χ1) is 10.7. The van der Waals surface area contributed by atoms with Gasteiger partial charge in [0.2, 0.25) is 0 Å². The lowest BCUT2D eigenvalue weighted by molar-refractivity contribution is 0.0958. The predicted molar refractivity (Wildman–Crippen MR) is 86.0 cm³/mol. The van der Waals surface area contributed by atoms with Gasteiger partial charge in [0.1, 0.15) is 23.9 Å². The van der Waals surface area contributed by atoms with Crippen LogP contribution in [0, 0.1) is 0 Å². The van der Waals surface area contributed by atoms with Crippen molar-refractivity contribution >= 4 is 5.78 Å². The second-order valence-corrected chi connectivity index (χ2v) is 5.22. The Morgan fingerprint density at radius 2 is 2.05 bits per heavy atom. The number of rotatable bonds is 4. The van der Waals surface area contributed by atoms with Gasteiger partial charge in [0.05, 0.1) is 11.5 Å². The molecule has 0 unspecified atom stereocenters. The van der Waals surface area contributed by atoms with E-state index in [2.05, 4.69) is 6.58 Å². The first-order valence-corrected chi connectivity index (χ1v) is 7.43. The zero-order valence-corrected chi connectivity index (χ0v) is 12.5. The van der Waals surface area contributed by atoms with E-state index in [0.29, 0.717) is 23.7 Å². The summed E-state index contributed by atoms with van der Waals surface area (Å²) in [4.78, 5) is 12.8. The Kier molecular flexibility index (Phi) is 3.96. The smallest absolute Gasteiger partial charge is 0.174 e. The number of para-hydroxylation sites is 1. The van der Waals surface area contributed by atoms with Crippen molar-refractivity contribution in [2.24, 2.45) is 0 Å². The highest BCUT2D eigenvalue weighted by molar-refractivity contribution is 6.04. The van der Waals surface area contributed by atoms with E-state index in [0.717, 1.165) is 17.7 Å². The molecule has 0 fully saturated rings. The van der Waals surface area contributed by atoms with Crippen LogP contribution in [0.2, 0.25) is 0 Å². The average molecular weight is 294 g/mol. The van der Waals surface area contributed by atoms with Gasteiger partial charge in [-0.15, -0.1) is 0 Å². The minimum Gasteiger partial charge on any atom is -0.489 e. The van der Waals surface area contributed by atoms with Crippen molar-refractivity contribution in [1.82, 2.24) is 0 Å². The predicted octanol–water partition coefficient (Wildman–Crippen LogP) is 4.73. The van der Waals surface area contributed by atoms with Gasteiger partial charge >= 0.3 is 0 Å². The largest absolute Gasteiger partial charge is 0.489 e. The van der Waals surface area contributed by atoms with E-state index in [4.69, 9.17) is 9.47 Å². The summed E-state index contributed by atoms with van der Waals surface area (Å²) >= 11 is 0. The number of hydrogen-bond donors (Lipinski definition) is 0. The minimum atomic E-state index is -0.169. The molecule has 1 heterocycles. The summed E-state index contributed by atoms with van der Waals surface area (Å²) in [6, 6.07) is 13.1. The monoisotopic (exact) mass is 294 g/mol. The summed E-state index contributed by atoms with van der Waals surface area (Å²) in [5.41, 5.74) is 1.55. The Labute approximate surface area is 130 Å². The van der Waals surface area contributed by atoms with Crippen LogP contribution in [-0.4, -0.2) is 12.4 Å². The van der Waals surface area contributed by atoms with E-state index in [1.54, 1.807) is 24.3 Å². The quantitative estimate of drug-likeness (QED) is 0.764. The highest BCUT2D eigenvalue weighted by Gasteiger charge is 2.29. The lowest BCUT2D eigenvalue weighted by Crippen LogP contribution is -2.10. The Balaban J connectivity index is 2.08. The molecule has 2 aromatic rings. The topological polar surface area (TPSA) is 35.5 Å². The summed E-state index contributed by atoms with van der Waals surface area (Å²) in [7, 11) is 0. The van der Waals surface area contributed by atoms with Crippen LogP contribution < -0.4 is 9.47 Å². The van der Waals surface area contributed by atoms with E-state index in [1.165, 1.54) is 0 Å². The lowest BCUT2D eigenvalue weighted by Gasteiger charge is -2.12. The van der Waals surface area contributed by atoms with E-state index >= 15 is 0 Å². The van der Waals surface area contributed by atoms with Crippen molar-refractivity contribution in [3.05, 3.63) is 66.2 Å². The number of hydrogen-bond acceptors (Lipinski definition) is 3. The first-order valence-electron chi connectivity index (χ1n) is 7.43. The summed E-state index contributed by atoms with van der Waals surface area (Å²) in [5.74, 6) is 1.88. The second kappa shape index (κ2) is 6.06. The zero-order valence-electron chi connectivity index (χ0n) is 12.5. The molecule has 0 radical (unpaired) electrons. The maximum atomic E-state index is 12.8. The molecular weight excluding hydrogens is 276 g/mol. The van der Waals surface area contributed by atoms with Crippen LogP contribution in [0.25, 0.3) is 0 Å². The number of fused-ring (bicyclic) bond motifs is 2. The molecule has 3 nitrogen and oxygen atoms in total. The number of ketones is 1. The van der Waals surface area contributed by atoms with Crippen molar-refractivity contribution in [3.63, 3.8) is 0 Å². The van der Waals surface area contributed by atoms with E-state index in [-0.39, 0.29) is 11.7 Å². The van der Waals surface area contributed by atoms with Crippen molar-refractivity contribution in [2.75, 3.05) is 6.61 Å². The number of carbonyl (C=O) groups is 1. The SMILES string of the molecule is C=CCOc1ccc2c(c1)Oc1ccccc1[C@@H](CC)C2=O. The van der Waals surface area contributed by atoms with Gasteiger partial charge in [-0.05, 0) is 24.6 Å². The molecule has 0 spiro atoms. The fraction of sp³-hybridized carbons (Fsp3) is 0.211. The molecule has 1 aliphatic heterocycles. The molecule has 3 rings (SSSR count). The fourth-order valence-corrected chi connectivity index (χ4v) is 2.75. The number of ether oxygens (including phenoxy) is 2. The molecule has 3 heteroatoms. The summed E-state index contributed by atoms with van der Waals surface area (Å²) in [6.45, 7) is 6.07. The van der Waals surface area contributed by atoms with Crippen LogP contribution in [0.5, 0.6) is 17.2 Å². The van der Waals surface area contributed by atoms with Crippen molar-refractivity contribution < 1.29 is 14.3 Å². The summed E-state index contributed by atoms with van der Waals surface area (Å²) in [6.07, 6.45) is 2.42. The average Bonchev–Trinajstić information content (AvgIpc) is 2.66. The van der Waals surface area contributed by atoms with Gasteiger partial charge < -0.3 is 9.47 Å². The van der Waals surface area contributed by atoms with Crippen LogP contribution in [0.15, 0.2) is 55.1 Å². The van der Waals surface area contributed by atoms with Gasteiger partial charge in [-0.1, -0.05) is 37.8 Å². The first kappa shape index (κ1) is 14.4. The van der Waals surface area contributed by atoms with E-state index < -0.39 is 0 Å². The van der Waals surface area contributed by atoms with Crippen LogP contribution in [0.3, 0.4) is 0 Å². The maximum Gasteiger partial charge on any atom is 0.174 e. The molecule has 0 saturated heterocycles. The highest BCUT2D eigenvalue weighted by atomic mass is 16.5. The normalized spacial score (nSPS) is 16.0. The molecule has 0 aromatic heterocycles. The Hall–Kier alpha value is -2.55. The van der Waals surface area contributed by atoms with Crippen LogP contribution in [-0.2, 0) is 0 Å². The molecule has 22 heavy (non-hydrogen) atoms. The number of benzene rings is 2. The molecule has 112 valence electrons. The van der Waals surface area contributed by atoms with Crippen LogP contribution >= 0.6 is 0 Å². The summed E-state index contributed by atoms with van der Waals surface area (Å²) in [5, 5.41) is 0. The van der Waals surface area contributed by atoms with Crippen LogP contribution in [0.1, 0.15) is 35.2 Å². The number of carbonyl (C=O) groups excluding carboxylic acids is 1. The van der Waals surface area contributed by atoms with Gasteiger partial charge in [-0.2, -0.15) is 0 Å². The molecule has 0 bridgehead atoms. The molecule has 1 aliphatic rings. The second-order valence-electron chi connectivity index (χ2n) is 5.22. The molecule has 0 saturated carbocycles. The molecular formula is C19H18O3. The van der Waals surface area contributed by atoms with E-state index in [9.17, 15) is 4.79 Å². The molecule has 0 N–H and O–H groups in total. The molecule has 2 aromatic carbocycles. The van der Waals surface area contributed by atoms with Gasteiger partial charge in [0.25, 0.3) is 0 Å². The molecule has 0 aliphatic carbocycles. The van der Waals surface area contributed by atoms with Crippen molar-refractivity contribution in [2.45, 2.75) is 19.3 Å². The lowest BCUT2D eigenvalue weighted by atomic mass is 9.88. The Morgan fingerprint density at radius 3 is 2.82 bits per heavy atom. The van der Waals surface area contributed by atoms with Crippen molar-refractivity contribution in [3.8, 4) is 17.2 Å². The molecule has 1 atom stereocenters. The zero-order chi connectivity index (χ0) is 15.5. The molecule has 0 amide bonds. The highest BCUT2D eigenvalue weighted by Crippen LogP contribution is 2.41. The van der Waals surface area contributed by atoms with Crippen LogP contribution in [0.4, 0.5) is 0 Å². The maximum absolute atomic E-state index is 12.8. The fourth-order valence-electron chi connectivity index (χ4n) is 2.75. The van der Waals surface area contributed by atoms with Gasteiger partial charge in [0, 0.05) is 11.6 Å². The Morgan fingerprint density at radius 1 is 1.23 bits per heavy atom. The minimum absolute atomic E-state index is 0.0951. The van der Waals surface area contributed by atoms with Crippen molar-refractivity contribution in [1.29, 1.82) is 0 Å².